The number of rotatable bonds is 7. The molecular formula is C15H23N3O3. The summed E-state index contributed by atoms with van der Waals surface area (Å²) in [5, 5.41) is 14.3. The molecule has 1 aliphatic rings. The summed E-state index contributed by atoms with van der Waals surface area (Å²) in [5.41, 5.74) is 1.73. The van der Waals surface area contributed by atoms with Crippen LogP contribution < -0.4 is 5.32 Å². The van der Waals surface area contributed by atoms with Gasteiger partial charge in [-0.25, -0.2) is 0 Å². The highest BCUT2D eigenvalue weighted by Gasteiger charge is 2.23. The summed E-state index contributed by atoms with van der Waals surface area (Å²) < 4.78 is 5.34. The second kappa shape index (κ2) is 7.38. The Bertz CT molecular complexity index is 493. The number of hydrogen-bond donors (Lipinski definition) is 1. The zero-order valence-electron chi connectivity index (χ0n) is 12.7. The van der Waals surface area contributed by atoms with Gasteiger partial charge >= 0.3 is 0 Å². The van der Waals surface area contributed by atoms with Gasteiger partial charge in [-0.3, -0.25) is 15.0 Å². The van der Waals surface area contributed by atoms with Gasteiger partial charge in [-0.15, -0.1) is 0 Å². The molecule has 2 rings (SSSR count). The molecular weight excluding hydrogens is 270 g/mol. The predicted molar refractivity (Wildman–Crippen MR) is 82.6 cm³/mol. The van der Waals surface area contributed by atoms with E-state index in [1.54, 1.807) is 13.2 Å². The highest BCUT2D eigenvalue weighted by Crippen LogP contribution is 2.27. The molecule has 1 unspecified atom stereocenters. The lowest BCUT2D eigenvalue weighted by molar-refractivity contribution is -0.384. The van der Waals surface area contributed by atoms with E-state index in [0.717, 1.165) is 44.6 Å². The summed E-state index contributed by atoms with van der Waals surface area (Å²) in [7, 11) is 1.73. The van der Waals surface area contributed by atoms with E-state index in [-0.39, 0.29) is 16.7 Å². The molecule has 1 fully saturated rings. The van der Waals surface area contributed by atoms with Crippen LogP contribution in [0.25, 0.3) is 0 Å². The standard InChI is InChI=1S/C15H23N3O3/c1-3-7-16-14-5-4-12(9-15(14)18(19)20)10-17-8-6-13(11-17)21-2/h4-5,9,13,16H,3,6-8,10-11H2,1-2H3. The quantitative estimate of drug-likeness (QED) is 0.618. The fraction of sp³-hybridized carbons (Fsp3) is 0.600. The largest absolute Gasteiger partial charge is 0.380 e. The first kappa shape index (κ1) is 15.7. The number of hydrogen-bond acceptors (Lipinski definition) is 5. The first-order valence-corrected chi connectivity index (χ1v) is 7.40. The topological polar surface area (TPSA) is 67.6 Å². The minimum Gasteiger partial charge on any atom is -0.380 e. The molecule has 1 atom stereocenters. The number of methoxy groups -OCH3 is 1. The van der Waals surface area contributed by atoms with Crippen LogP contribution in [0.4, 0.5) is 11.4 Å². The van der Waals surface area contributed by atoms with E-state index in [0.29, 0.717) is 5.69 Å². The van der Waals surface area contributed by atoms with Gasteiger partial charge in [0.15, 0.2) is 0 Å². The maximum Gasteiger partial charge on any atom is 0.292 e. The summed E-state index contributed by atoms with van der Waals surface area (Å²) in [6.07, 6.45) is 2.24. The molecule has 1 aromatic rings. The Morgan fingerprint density at radius 1 is 1.52 bits per heavy atom. The van der Waals surface area contributed by atoms with Crippen LogP contribution in [0.3, 0.4) is 0 Å². The van der Waals surface area contributed by atoms with E-state index in [1.165, 1.54) is 0 Å². The van der Waals surface area contributed by atoms with Crippen molar-refractivity contribution in [2.24, 2.45) is 0 Å². The third kappa shape index (κ3) is 4.15. The monoisotopic (exact) mass is 293 g/mol. The fourth-order valence-electron chi connectivity index (χ4n) is 2.63. The molecule has 0 aliphatic carbocycles. The van der Waals surface area contributed by atoms with Crippen molar-refractivity contribution < 1.29 is 9.66 Å². The normalized spacial score (nSPS) is 18.9. The summed E-state index contributed by atoms with van der Waals surface area (Å²) in [6, 6.07) is 5.45. The summed E-state index contributed by atoms with van der Waals surface area (Å²) in [4.78, 5) is 13.2. The molecule has 6 nitrogen and oxygen atoms in total. The number of nitro groups is 1. The average molecular weight is 293 g/mol. The van der Waals surface area contributed by atoms with Crippen LogP contribution in [0.15, 0.2) is 18.2 Å². The maximum absolute atomic E-state index is 11.2. The van der Waals surface area contributed by atoms with Crippen molar-refractivity contribution in [3.63, 3.8) is 0 Å². The lowest BCUT2D eigenvalue weighted by Crippen LogP contribution is -2.22. The van der Waals surface area contributed by atoms with Crippen LogP contribution in [0.2, 0.25) is 0 Å². The molecule has 116 valence electrons. The Hall–Kier alpha value is -1.66. The Balaban J connectivity index is 2.07. The lowest BCUT2D eigenvalue weighted by atomic mass is 10.1. The maximum atomic E-state index is 11.2. The first-order chi connectivity index (χ1) is 10.1. The molecule has 6 heteroatoms. The van der Waals surface area contributed by atoms with Crippen molar-refractivity contribution in [2.75, 3.05) is 32.1 Å². The number of anilines is 1. The van der Waals surface area contributed by atoms with E-state index >= 15 is 0 Å². The van der Waals surface area contributed by atoms with Gasteiger partial charge in [-0.2, -0.15) is 0 Å². The fourth-order valence-corrected chi connectivity index (χ4v) is 2.63. The molecule has 1 heterocycles. The molecule has 0 saturated carbocycles. The molecule has 0 spiro atoms. The zero-order valence-corrected chi connectivity index (χ0v) is 12.7. The second-order valence-electron chi connectivity index (χ2n) is 5.42. The van der Waals surface area contributed by atoms with E-state index in [1.807, 2.05) is 19.1 Å². The van der Waals surface area contributed by atoms with Gasteiger partial charge in [0, 0.05) is 39.4 Å². The van der Waals surface area contributed by atoms with Gasteiger partial charge in [-0.1, -0.05) is 13.0 Å². The van der Waals surface area contributed by atoms with Crippen molar-refractivity contribution in [2.45, 2.75) is 32.4 Å². The highest BCUT2D eigenvalue weighted by atomic mass is 16.6. The van der Waals surface area contributed by atoms with Crippen molar-refractivity contribution in [1.29, 1.82) is 0 Å². The molecule has 1 aliphatic heterocycles. The van der Waals surface area contributed by atoms with Gasteiger partial charge < -0.3 is 10.1 Å². The third-order valence-corrected chi connectivity index (χ3v) is 3.79. The van der Waals surface area contributed by atoms with E-state index in [4.69, 9.17) is 4.74 Å². The molecule has 0 aromatic heterocycles. The van der Waals surface area contributed by atoms with Gasteiger partial charge in [0.2, 0.25) is 0 Å². The summed E-state index contributed by atoms with van der Waals surface area (Å²) >= 11 is 0. The van der Waals surface area contributed by atoms with Crippen LogP contribution in [-0.2, 0) is 11.3 Å². The van der Waals surface area contributed by atoms with Crippen LogP contribution in [0.1, 0.15) is 25.3 Å². The van der Waals surface area contributed by atoms with Crippen molar-refractivity contribution in [3.05, 3.63) is 33.9 Å². The van der Waals surface area contributed by atoms with Gasteiger partial charge in [-0.05, 0) is 24.5 Å². The van der Waals surface area contributed by atoms with Gasteiger partial charge in [0.05, 0.1) is 11.0 Å². The number of nitro benzene ring substituents is 1. The van der Waals surface area contributed by atoms with Crippen molar-refractivity contribution in [3.8, 4) is 0 Å². The Morgan fingerprint density at radius 3 is 2.95 bits per heavy atom. The van der Waals surface area contributed by atoms with Crippen LogP contribution in [-0.4, -0.2) is 42.7 Å². The smallest absolute Gasteiger partial charge is 0.292 e. The molecule has 0 bridgehead atoms. The van der Waals surface area contributed by atoms with E-state index in [9.17, 15) is 10.1 Å². The van der Waals surface area contributed by atoms with Crippen molar-refractivity contribution >= 4 is 11.4 Å². The average Bonchev–Trinajstić information content (AvgIpc) is 2.93. The second-order valence-corrected chi connectivity index (χ2v) is 5.42. The van der Waals surface area contributed by atoms with E-state index < -0.39 is 0 Å². The Kier molecular flexibility index (Phi) is 5.52. The van der Waals surface area contributed by atoms with E-state index in [2.05, 4.69) is 10.2 Å². The molecule has 0 radical (unpaired) electrons. The minimum atomic E-state index is -0.316. The molecule has 21 heavy (non-hydrogen) atoms. The summed E-state index contributed by atoms with van der Waals surface area (Å²) in [6.45, 7) is 5.37. The summed E-state index contributed by atoms with van der Waals surface area (Å²) in [5.74, 6) is 0. The van der Waals surface area contributed by atoms with Crippen LogP contribution in [0, 0.1) is 10.1 Å². The van der Waals surface area contributed by atoms with Crippen LogP contribution in [0.5, 0.6) is 0 Å². The minimum absolute atomic E-state index is 0.156. The van der Waals surface area contributed by atoms with Crippen LogP contribution >= 0.6 is 0 Å². The Labute approximate surface area is 125 Å². The van der Waals surface area contributed by atoms with Gasteiger partial charge in [0.1, 0.15) is 5.69 Å². The first-order valence-electron chi connectivity index (χ1n) is 7.40. The number of nitrogens with zero attached hydrogens (tertiary/aromatic N) is 2. The van der Waals surface area contributed by atoms with Gasteiger partial charge in [0.25, 0.3) is 5.69 Å². The molecule has 0 amide bonds. The van der Waals surface area contributed by atoms with Crippen molar-refractivity contribution in [1.82, 2.24) is 4.90 Å². The number of nitrogens with one attached hydrogen (secondary N) is 1. The molecule has 1 aromatic carbocycles. The molecule has 1 N–H and O–H groups in total. The lowest BCUT2D eigenvalue weighted by Gasteiger charge is -2.16. The Morgan fingerprint density at radius 2 is 2.33 bits per heavy atom. The molecule has 1 saturated heterocycles. The highest BCUT2D eigenvalue weighted by molar-refractivity contribution is 5.62. The zero-order chi connectivity index (χ0) is 15.2. The predicted octanol–water partition coefficient (Wildman–Crippen LogP) is 2.64. The number of likely N-dealkylation sites (tertiary alicyclic amines) is 1. The number of ether oxygens (including phenoxy) is 1. The third-order valence-electron chi connectivity index (χ3n) is 3.79. The number of benzene rings is 1. The SMILES string of the molecule is CCCNc1ccc(CN2CCC(OC)C2)cc1[N+](=O)[O-].